The van der Waals surface area contributed by atoms with Crippen LogP contribution >= 0.6 is 0 Å². The minimum Gasteiger partial charge on any atom is -0.497 e. The van der Waals surface area contributed by atoms with E-state index >= 15 is 0 Å². The van der Waals surface area contributed by atoms with Gasteiger partial charge in [-0.2, -0.15) is 0 Å². The van der Waals surface area contributed by atoms with E-state index < -0.39 is 0 Å². The Morgan fingerprint density at radius 3 is 2.55 bits per heavy atom. The van der Waals surface area contributed by atoms with Crippen LogP contribution in [0.25, 0.3) is 0 Å². The smallest absolute Gasteiger partial charge is 0.119 e. The summed E-state index contributed by atoms with van der Waals surface area (Å²) in [4.78, 5) is 0. The van der Waals surface area contributed by atoms with Crippen LogP contribution in [0, 0.1) is 5.41 Å². The molecule has 0 atom stereocenters. The summed E-state index contributed by atoms with van der Waals surface area (Å²) in [5.41, 5.74) is 2.07. The molecule has 0 aromatic heterocycles. The Bertz CT molecular complexity index is 434. The zero-order chi connectivity index (χ0) is 14.6. The summed E-state index contributed by atoms with van der Waals surface area (Å²) in [5, 5.41) is 3.54. The van der Waals surface area contributed by atoms with E-state index in [4.69, 9.17) is 9.47 Å². The predicted molar refractivity (Wildman–Crippen MR) is 82.4 cm³/mol. The lowest BCUT2D eigenvalue weighted by molar-refractivity contribution is 0.0546. The monoisotopic (exact) mass is 277 g/mol. The van der Waals surface area contributed by atoms with E-state index in [1.807, 2.05) is 6.07 Å². The molecule has 0 spiro atoms. The Morgan fingerprint density at radius 2 is 1.95 bits per heavy atom. The lowest BCUT2D eigenvalue weighted by atomic mass is 9.52. The zero-order valence-electron chi connectivity index (χ0n) is 13.2. The van der Waals surface area contributed by atoms with Crippen molar-refractivity contribution >= 4 is 0 Å². The maximum Gasteiger partial charge on any atom is 0.119 e. The van der Waals surface area contributed by atoms with Crippen molar-refractivity contribution in [1.82, 2.24) is 5.32 Å². The van der Waals surface area contributed by atoms with Gasteiger partial charge in [-0.3, -0.25) is 0 Å². The summed E-state index contributed by atoms with van der Waals surface area (Å²) in [5.74, 6) is 0.948. The van der Waals surface area contributed by atoms with E-state index in [0.29, 0.717) is 5.41 Å². The molecule has 20 heavy (non-hydrogen) atoms. The molecule has 2 rings (SSSR count). The topological polar surface area (TPSA) is 30.5 Å². The van der Waals surface area contributed by atoms with Gasteiger partial charge in [0.05, 0.1) is 13.7 Å². The summed E-state index contributed by atoms with van der Waals surface area (Å²) in [6, 6.07) is 8.53. The standard InChI is InChI=1S/C17H27NO2/c1-16(2)11-17(12-16,13-18-8-9-19-3)14-6-5-7-15(10-14)20-4/h5-7,10,18H,8-9,11-13H2,1-4H3. The maximum absolute atomic E-state index is 5.37. The van der Waals surface area contributed by atoms with Gasteiger partial charge in [0.15, 0.2) is 0 Å². The van der Waals surface area contributed by atoms with Gasteiger partial charge in [-0.05, 0) is 36.0 Å². The fourth-order valence-electron chi connectivity index (χ4n) is 3.67. The second-order valence-electron chi connectivity index (χ2n) is 6.70. The first-order chi connectivity index (χ1) is 9.51. The molecule has 0 bridgehead atoms. The molecular weight excluding hydrogens is 250 g/mol. The molecule has 1 aromatic carbocycles. The zero-order valence-corrected chi connectivity index (χ0v) is 13.2. The van der Waals surface area contributed by atoms with Crippen molar-refractivity contribution in [3.05, 3.63) is 29.8 Å². The largest absolute Gasteiger partial charge is 0.497 e. The third-order valence-electron chi connectivity index (χ3n) is 4.26. The van der Waals surface area contributed by atoms with Gasteiger partial charge in [0.1, 0.15) is 5.75 Å². The SMILES string of the molecule is COCCNCC1(c2cccc(OC)c2)CC(C)(C)C1. The van der Waals surface area contributed by atoms with Crippen LogP contribution in [-0.2, 0) is 10.2 Å². The number of rotatable bonds is 7. The Balaban J connectivity index is 2.11. The Hall–Kier alpha value is -1.06. The highest BCUT2D eigenvalue weighted by Gasteiger charge is 2.49. The molecule has 1 N–H and O–H groups in total. The van der Waals surface area contributed by atoms with Crippen LogP contribution in [0.4, 0.5) is 0 Å². The average molecular weight is 277 g/mol. The number of benzene rings is 1. The number of ether oxygens (including phenoxy) is 2. The number of hydrogen-bond donors (Lipinski definition) is 1. The van der Waals surface area contributed by atoms with E-state index in [0.717, 1.165) is 25.4 Å². The molecule has 1 fully saturated rings. The molecular formula is C17H27NO2. The summed E-state index contributed by atoms with van der Waals surface area (Å²) in [6.07, 6.45) is 2.43. The molecule has 1 aromatic rings. The molecule has 0 saturated heterocycles. The molecule has 1 aliphatic carbocycles. The van der Waals surface area contributed by atoms with Crippen molar-refractivity contribution < 1.29 is 9.47 Å². The number of methoxy groups -OCH3 is 2. The van der Waals surface area contributed by atoms with Gasteiger partial charge < -0.3 is 14.8 Å². The lowest BCUT2D eigenvalue weighted by Gasteiger charge is -2.54. The number of hydrogen-bond acceptors (Lipinski definition) is 3. The normalized spacial score (nSPS) is 19.4. The molecule has 3 heteroatoms. The van der Waals surface area contributed by atoms with Crippen LogP contribution in [0.3, 0.4) is 0 Å². The molecule has 3 nitrogen and oxygen atoms in total. The highest BCUT2D eigenvalue weighted by molar-refractivity contribution is 5.37. The first-order valence-corrected chi connectivity index (χ1v) is 7.36. The van der Waals surface area contributed by atoms with Gasteiger partial charge in [-0.15, -0.1) is 0 Å². The van der Waals surface area contributed by atoms with E-state index in [1.165, 1.54) is 18.4 Å². The first kappa shape index (κ1) is 15.3. The molecule has 0 aliphatic heterocycles. The molecule has 0 unspecified atom stereocenters. The Kier molecular flexibility index (Phi) is 4.71. The van der Waals surface area contributed by atoms with E-state index in [2.05, 4.69) is 37.4 Å². The summed E-state index contributed by atoms with van der Waals surface area (Å²) < 4.78 is 10.5. The quantitative estimate of drug-likeness (QED) is 0.777. The minimum absolute atomic E-state index is 0.242. The molecule has 112 valence electrons. The third-order valence-corrected chi connectivity index (χ3v) is 4.26. The van der Waals surface area contributed by atoms with Gasteiger partial charge in [0, 0.05) is 25.6 Å². The second kappa shape index (κ2) is 6.15. The van der Waals surface area contributed by atoms with Crippen LogP contribution in [0.15, 0.2) is 24.3 Å². The molecule has 1 saturated carbocycles. The van der Waals surface area contributed by atoms with E-state index in [9.17, 15) is 0 Å². The van der Waals surface area contributed by atoms with Crippen LogP contribution in [0.5, 0.6) is 5.75 Å². The predicted octanol–water partition coefficient (Wildman–Crippen LogP) is 2.99. The van der Waals surface area contributed by atoms with Gasteiger partial charge >= 0.3 is 0 Å². The van der Waals surface area contributed by atoms with Crippen LogP contribution < -0.4 is 10.1 Å². The highest BCUT2D eigenvalue weighted by Crippen LogP contribution is 2.55. The van der Waals surface area contributed by atoms with Crippen molar-refractivity contribution in [2.45, 2.75) is 32.1 Å². The molecule has 0 amide bonds. The van der Waals surface area contributed by atoms with Gasteiger partial charge in [-0.1, -0.05) is 26.0 Å². The Morgan fingerprint density at radius 1 is 1.20 bits per heavy atom. The van der Waals surface area contributed by atoms with Gasteiger partial charge in [0.25, 0.3) is 0 Å². The summed E-state index contributed by atoms with van der Waals surface area (Å²) >= 11 is 0. The maximum atomic E-state index is 5.37. The van der Waals surface area contributed by atoms with Crippen molar-refractivity contribution in [2.75, 3.05) is 33.9 Å². The fraction of sp³-hybridized carbons (Fsp3) is 0.647. The fourth-order valence-corrected chi connectivity index (χ4v) is 3.67. The van der Waals surface area contributed by atoms with Crippen molar-refractivity contribution in [3.63, 3.8) is 0 Å². The molecule has 0 radical (unpaired) electrons. The van der Waals surface area contributed by atoms with Crippen LogP contribution in [0.2, 0.25) is 0 Å². The first-order valence-electron chi connectivity index (χ1n) is 7.36. The van der Waals surface area contributed by atoms with Crippen molar-refractivity contribution in [3.8, 4) is 5.75 Å². The van der Waals surface area contributed by atoms with Gasteiger partial charge in [-0.25, -0.2) is 0 Å². The third kappa shape index (κ3) is 3.33. The summed E-state index contributed by atoms with van der Waals surface area (Å²) in [6.45, 7) is 7.37. The Labute approximate surface area is 122 Å². The van der Waals surface area contributed by atoms with Crippen LogP contribution in [0.1, 0.15) is 32.3 Å². The molecule has 1 aliphatic rings. The second-order valence-corrected chi connectivity index (χ2v) is 6.70. The highest BCUT2D eigenvalue weighted by atomic mass is 16.5. The average Bonchev–Trinajstić information content (AvgIpc) is 2.41. The summed E-state index contributed by atoms with van der Waals surface area (Å²) in [7, 11) is 3.47. The molecule has 0 heterocycles. The van der Waals surface area contributed by atoms with Crippen molar-refractivity contribution in [1.29, 1.82) is 0 Å². The van der Waals surface area contributed by atoms with Gasteiger partial charge in [0.2, 0.25) is 0 Å². The lowest BCUT2D eigenvalue weighted by Crippen LogP contribution is -2.52. The van der Waals surface area contributed by atoms with Crippen molar-refractivity contribution in [2.24, 2.45) is 5.41 Å². The van der Waals surface area contributed by atoms with E-state index in [-0.39, 0.29) is 5.41 Å². The van der Waals surface area contributed by atoms with Crippen LogP contribution in [-0.4, -0.2) is 33.9 Å². The minimum atomic E-state index is 0.242. The van der Waals surface area contributed by atoms with E-state index in [1.54, 1.807) is 14.2 Å². The number of nitrogens with one attached hydrogen (secondary N) is 1.